The minimum Gasteiger partial charge on any atom is -0.443 e. The topological polar surface area (TPSA) is 103 Å². The van der Waals surface area contributed by atoms with Gasteiger partial charge in [-0.15, -0.1) is 0 Å². The molecule has 1 fully saturated rings. The molecule has 2 N–H and O–H groups in total. The number of hydrogen-bond donors (Lipinski definition) is 1. The molecule has 0 radical (unpaired) electrons. The molecule has 1 aliphatic rings. The molecular formula is C12H17BrN2O5S. The van der Waals surface area contributed by atoms with Gasteiger partial charge in [0.2, 0.25) is 10.0 Å². The highest BCUT2D eigenvalue weighted by atomic mass is 79.9. The number of carbonyl (C=O) groups is 1. The summed E-state index contributed by atoms with van der Waals surface area (Å²) in [7, 11) is -2.26. The third kappa shape index (κ3) is 3.85. The number of furan rings is 1. The lowest BCUT2D eigenvalue weighted by Crippen LogP contribution is -2.39. The van der Waals surface area contributed by atoms with Crippen LogP contribution >= 0.6 is 15.9 Å². The van der Waals surface area contributed by atoms with Crippen molar-refractivity contribution < 1.29 is 22.4 Å². The minimum atomic E-state index is -3.92. The average molecular weight is 381 g/mol. The number of likely N-dealkylation sites (tertiary alicyclic amines) is 1. The van der Waals surface area contributed by atoms with Crippen molar-refractivity contribution in [3.63, 3.8) is 0 Å². The number of rotatable bonds is 4. The molecule has 0 atom stereocenters. The van der Waals surface area contributed by atoms with Gasteiger partial charge < -0.3 is 14.1 Å². The number of methoxy groups -OCH3 is 1. The lowest BCUT2D eigenvalue weighted by molar-refractivity contribution is 0.0584. The Hall–Kier alpha value is -0.900. The summed E-state index contributed by atoms with van der Waals surface area (Å²) in [6.07, 6.45) is 1.70. The van der Waals surface area contributed by atoms with Crippen LogP contribution in [-0.4, -0.2) is 46.0 Å². The SMILES string of the molecule is COCC1CCN(C(=O)c2cc(S(N)(=O)=O)c(Br)o2)CC1. The van der Waals surface area contributed by atoms with Crippen LogP contribution in [0.5, 0.6) is 0 Å². The van der Waals surface area contributed by atoms with E-state index >= 15 is 0 Å². The zero-order valence-electron chi connectivity index (χ0n) is 11.5. The van der Waals surface area contributed by atoms with E-state index < -0.39 is 10.0 Å². The first-order valence-electron chi connectivity index (χ1n) is 6.43. The third-order valence-electron chi connectivity index (χ3n) is 3.48. The summed E-state index contributed by atoms with van der Waals surface area (Å²) in [4.78, 5) is 13.7. The van der Waals surface area contributed by atoms with Gasteiger partial charge in [-0.1, -0.05) is 0 Å². The molecule has 2 heterocycles. The number of piperidine rings is 1. The summed E-state index contributed by atoms with van der Waals surface area (Å²) in [6.45, 7) is 1.87. The largest absolute Gasteiger partial charge is 0.443 e. The van der Waals surface area contributed by atoms with E-state index in [2.05, 4.69) is 15.9 Å². The Morgan fingerprint density at radius 1 is 1.52 bits per heavy atom. The van der Waals surface area contributed by atoms with E-state index in [4.69, 9.17) is 14.3 Å². The molecule has 1 saturated heterocycles. The summed E-state index contributed by atoms with van der Waals surface area (Å²) in [5, 5.41) is 5.04. The van der Waals surface area contributed by atoms with Gasteiger partial charge >= 0.3 is 0 Å². The van der Waals surface area contributed by atoms with Gasteiger partial charge in [-0.25, -0.2) is 13.6 Å². The Balaban J connectivity index is 2.08. The average Bonchev–Trinajstić information content (AvgIpc) is 2.81. The predicted molar refractivity (Wildman–Crippen MR) is 78.3 cm³/mol. The molecule has 2 rings (SSSR count). The molecule has 9 heteroatoms. The van der Waals surface area contributed by atoms with Crippen molar-refractivity contribution in [2.24, 2.45) is 11.1 Å². The Labute approximate surface area is 131 Å². The molecular weight excluding hydrogens is 364 g/mol. The molecule has 1 aromatic heterocycles. The van der Waals surface area contributed by atoms with Crippen molar-refractivity contribution >= 4 is 31.9 Å². The molecule has 21 heavy (non-hydrogen) atoms. The monoisotopic (exact) mass is 380 g/mol. The zero-order valence-corrected chi connectivity index (χ0v) is 13.9. The smallest absolute Gasteiger partial charge is 0.289 e. The molecule has 0 aromatic carbocycles. The van der Waals surface area contributed by atoms with E-state index in [0.29, 0.717) is 25.6 Å². The third-order valence-corrected chi connectivity index (χ3v) is 5.24. The standard InChI is InChI=1S/C12H17BrN2O5S/c1-19-7-8-2-4-15(5-3-8)12(16)9-6-10(11(13)20-9)21(14,17)18/h6,8H,2-5,7H2,1H3,(H2,14,17,18). The van der Waals surface area contributed by atoms with Crippen LogP contribution in [0, 0.1) is 5.92 Å². The normalized spacial score (nSPS) is 17.2. The van der Waals surface area contributed by atoms with Gasteiger partial charge in [0.25, 0.3) is 5.91 Å². The Bertz CT molecular complexity index is 620. The Morgan fingerprint density at radius 2 is 2.14 bits per heavy atom. The number of nitrogens with two attached hydrogens (primary N) is 1. The maximum Gasteiger partial charge on any atom is 0.289 e. The molecule has 1 amide bonds. The van der Waals surface area contributed by atoms with Crippen LogP contribution < -0.4 is 5.14 Å². The highest BCUT2D eigenvalue weighted by Crippen LogP contribution is 2.27. The highest BCUT2D eigenvalue weighted by molar-refractivity contribution is 9.10. The van der Waals surface area contributed by atoms with E-state index in [-0.39, 0.29) is 21.2 Å². The van der Waals surface area contributed by atoms with Gasteiger partial charge in [-0.2, -0.15) is 0 Å². The number of amides is 1. The van der Waals surface area contributed by atoms with Crippen LogP contribution in [0.2, 0.25) is 0 Å². The van der Waals surface area contributed by atoms with Crippen LogP contribution in [0.15, 0.2) is 20.0 Å². The van der Waals surface area contributed by atoms with Crippen LogP contribution in [0.25, 0.3) is 0 Å². The molecule has 118 valence electrons. The quantitative estimate of drug-likeness (QED) is 0.844. The van der Waals surface area contributed by atoms with E-state index in [1.54, 1.807) is 12.0 Å². The Morgan fingerprint density at radius 3 is 2.62 bits per heavy atom. The van der Waals surface area contributed by atoms with E-state index in [1.807, 2.05) is 0 Å². The lowest BCUT2D eigenvalue weighted by Gasteiger charge is -2.31. The molecule has 0 saturated carbocycles. The van der Waals surface area contributed by atoms with Gasteiger partial charge in [0, 0.05) is 32.9 Å². The summed E-state index contributed by atoms with van der Waals surface area (Å²) in [6, 6.07) is 1.16. The van der Waals surface area contributed by atoms with Gasteiger partial charge in [0.05, 0.1) is 0 Å². The van der Waals surface area contributed by atoms with E-state index in [0.717, 1.165) is 18.9 Å². The second kappa shape index (κ2) is 6.47. The number of halogens is 1. The molecule has 0 bridgehead atoms. The number of sulfonamides is 1. The van der Waals surface area contributed by atoms with Crippen LogP contribution in [0.3, 0.4) is 0 Å². The summed E-state index contributed by atoms with van der Waals surface area (Å²) in [5.74, 6) is 0.0833. The van der Waals surface area contributed by atoms with Gasteiger partial charge in [-0.05, 0) is 34.7 Å². The van der Waals surface area contributed by atoms with Gasteiger partial charge in [0.1, 0.15) is 4.90 Å². The molecule has 1 aliphatic heterocycles. The molecule has 7 nitrogen and oxygen atoms in total. The molecule has 0 spiro atoms. The maximum atomic E-state index is 12.3. The number of carbonyl (C=O) groups excluding carboxylic acids is 1. The van der Waals surface area contributed by atoms with Crippen LogP contribution in [-0.2, 0) is 14.8 Å². The first-order chi connectivity index (χ1) is 9.82. The van der Waals surface area contributed by atoms with Crippen molar-refractivity contribution in [1.29, 1.82) is 0 Å². The second-order valence-electron chi connectivity index (χ2n) is 4.98. The van der Waals surface area contributed by atoms with Crippen molar-refractivity contribution in [2.75, 3.05) is 26.8 Å². The number of nitrogens with zero attached hydrogens (tertiary/aromatic N) is 1. The minimum absolute atomic E-state index is 0.0314. The molecule has 0 aliphatic carbocycles. The predicted octanol–water partition coefficient (Wildman–Crippen LogP) is 1.19. The summed E-state index contributed by atoms with van der Waals surface area (Å²) >= 11 is 2.96. The molecule has 1 aromatic rings. The fraction of sp³-hybridized carbons (Fsp3) is 0.583. The van der Waals surface area contributed by atoms with E-state index in [9.17, 15) is 13.2 Å². The first kappa shape index (κ1) is 16.5. The van der Waals surface area contributed by atoms with Crippen molar-refractivity contribution in [2.45, 2.75) is 17.7 Å². The van der Waals surface area contributed by atoms with Gasteiger partial charge in [0.15, 0.2) is 10.4 Å². The van der Waals surface area contributed by atoms with Gasteiger partial charge in [-0.3, -0.25) is 4.79 Å². The number of primary sulfonamides is 1. The second-order valence-corrected chi connectivity index (χ2v) is 7.23. The number of hydrogen-bond acceptors (Lipinski definition) is 5. The van der Waals surface area contributed by atoms with Crippen LogP contribution in [0.1, 0.15) is 23.4 Å². The Kier molecular flexibility index (Phi) is 5.07. The van der Waals surface area contributed by atoms with Crippen molar-refractivity contribution in [1.82, 2.24) is 4.90 Å². The van der Waals surface area contributed by atoms with Crippen molar-refractivity contribution in [3.05, 3.63) is 16.5 Å². The molecule has 0 unspecified atom stereocenters. The summed E-state index contributed by atoms with van der Waals surface area (Å²) in [5.41, 5.74) is 0. The van der Waals surface area contributed by atoms with Crippen LogP contribution in [0.4, 0.5) is 0 Å². The zero-order chi connectivity index (χ0) is 15.6. The lowest BCUT2D eigenvalue weighted by atomic mass is 9.98. The fourth-order valence-corrected chi connectivity index (χ4v) is 3.85. The van der Waals surface area contributed by atoms with Crippen molar-refractivity contribution in [3.8, 4) is 0 Å². The highest BCUT2D eigenvalue weighted by Gasteiger charge is 2.28. The fourth-order valence-electron chi connectivity index (χ4n) is 2.35. The van der Waals surface area contributed by atoms with E-state index in [1.165, 1.54) is 0 Å². The first-order valence-corrected chi connectivity index (χ1v) is 8.77. The summed E-state index contributed by atoms with van der Waals surface area (Å²) < 4.78 is 32.9. The number of ether oxygens (including phenoxy) is 1. The maximum absolute atomic E-state index is 12.3.